The highest BCUT2D eigenvalue weighted by Gasteiger charge is 2.19. The van der Waals surface area contributed by atoms with Crippen molar-refractivity contribution in [2.75, 3.05) is 0 Å². The molecular formula is C41H28N2. The molecule has 1 aliphatic rings. The van der Waals surface area contributed by atoms with Gasteiger partial charge in [0.25, 0.3) is 0 Å². The van der Waals surface area contributed by atoms with Crippen molar-refractivity contribution in [2.24, 2.45) is 4.99 Å². The zero-order valence-electron chi connectivity index (χ0n) is 23.7. The largest absolute Gasteiger partial charge is 0.308 e. The van der Waals surface area contributed by atoms with Gasteiger partial charge in [0.15, 0.2) is 0 Å². The Hall–Kier alpha value is -5.47. The zero-order valence-corrected chi connectivity index (χ0v) is 23.7. The molecule has 202 valence electrons. The molecule has 8 aromatic rings. The third kappa shape index (κ3) is 3.77. The van der Waals surface area contributed by atoms with Crippen molar-refractivity contribution in [3.8, 4) is 16.8 Å². The highest BCUT2D eigenvalue weighted by atomic mass is 15.0. The normalized spacial score (nSPS) is 13.4. The molecular weight excluding hydrogens is 520 g/mol. The van der Waals surface area contributed by atoms with Crippen LogP contribution in [0, 0.1) is 0 Å². The van der Waals surface area contributed by atoms with Gasteiger partial charge in [-0.25, -0.2) is 0 Å². The van der Waals surface area contributed by atoms with Crippen molar-refractivity contribution in [2.45, 2.75) is 12.8 Å². The second-order valence-electron chi connectivity index (χ2n) is 11.5. The molecule has 2 heterocycles. The van der Waals surface area contributed by atoms with Crippen LogP contribution in [0.5, 0.6) is 0 Å². The molecule has 0 aliphatic carbocycles. The summed E-state index contributed by atoms with van der Waals surface area (Å²) < 4.78 is 2.52. The quantitative estimate of drug-likeness (QED) is 0.195. The van der Waals surface area contributed by atoms with Gasteiger partial charge in [-0.3, -0.25) is 4.99 Å². The number of allylic oxidation sites excluding steroid dienone is 1. The highest BCUT2D eigenvalue weighted by molar-refractivity contribution is 6.21. The fourth-order valence-electron chi connectivity index (χ4n) is 7.03. The molecule has 2 nitrogen and oxygen atoms in total. The maximum atomic E-state index is 4.68. The van der Waals surface area contributed by atoms with Crippen molar-refractivity contribution in [1.82, 2.24) is 4.57 Å². The summed E-state index contributed by atoms with van der Waals surface area (Å²) in [7, 11) is 0. The second-order valence-corrected chi connectivity index (χ2v) is 11.5. The molecule has 0 atom stereocenters. The first-order valence-electron chi connectivity index (χ1n) is 15.0. The highest BCUT2D eigenvalue weighted by Crippen LogP contribution is 2.41. The number of fused-ring (bicyclic) bond motifs is 8. The van der Waals surface area contributed by atoms with E-state index in [-0.39, 0.29) is 0 Å². The summed E-state index contributed by atoms with van der Waals surface area (Å²) in [6, 6.07) is 49.1. The SMILES string of the molecule is C1=CN=C(c2cccc(-c3ccc4c5ccc6ccccc6c5n(-c5cc6ccccc6c6ccccc56)c4c3)c2)CC1. The van der Waals surface area contributed by atoms with Gasteiger partial charge in [-0.2, -0.15) is 0 Å². The van der Waals surface area contributed by atoms with E-state index in [1.165, 1.54) is 76.5 Å². The summed E-state index contributed by atoms with van der Waals surface area (Å²) in [4.78, 5) is 4.68. The Morgan fingerprint density at radius 1 is 0.488 bits per heavy atom. The fraction of sp³-hybridized carbons (Fsp3) is 0.0488. The van der Waals surface area contributed by atoms with Crippen molar-refractivity contribution in [1.29, 1.82) is 0 Å². The number of benzene rings is 7. The Morgan fingerprint density at radius 2 is 1.21 bits per heavy atom. The minimum absolute atomic E-state index is 0.981. The van der Waals surface area contributed by atoms with Gasteiger partial charge in [0.2, 0.25) is 0 Å². The summed E-state index contributed by atoms with van der Waals surface area (Å²) in [5.41, 5.74) is 8.46. The van der Waals surface area contributed by atoms with E-state index in [4.69, 9.17) is 0 Å². The van der Waals surface area contributed by atoms with E-state index in [0.717, 1.165) is 18.6 Å². The molecule has 43 heavy (non-hydrogen) atoms. The number of aromatic nitrogens is 1. The monoisotopic (exact) mass is 548 g/mol. The summed E-state index contributed by atoms with van der Waals surface area (Å²) in [6.45, 7) is 0. The first-order chi connectivity index (χ1) is 21.3. The maximum absolute atomic E-state index is 4.68. The molecule has 2 heteroatoms. The molecule has 0 saturated heterocycles. The number of hydrogen-bond acceptors (Lipinski definition) is 1. The predicted octanol–water partition coefficient (Wildman–Crippen LogP) is 11.0. The Morgan fingerprint density at radius 3 is 2.07 bits per heavy atom. The predicted molar refractivity (Wildman–Crippen MR) is 184 cm³/mol. The summed E-state index contributed by atoms with van der Waals surface area (Å²) >= 11 is 0. The van der Waals surface area contributed by atoms with Gasteiger partial charge < -0.3 is 4.57 Å². The Labute approximate surface area is 249 Å². The Bertz CT molecular complexity index is 2460. The van der Waals surface area contributed by atoms with E-state index in [0.29, 0.717) is 0 Å². The first-order valence-corrected chi connectivity index (χ1v) is 15.0. The van der Waals surface area contributed by atoms with Crippen molar-refractivity contribution in [3.63, 3.8) is 0 Å². The molecule has 0 fully saturated rings. The molecule has 0 radical (unpaired) electrons. The Balaban J connectivity index is 1.39. The molecule has 9 rings (SSSR count). The lowest BCUT2D eigenvalue weighted by Gasteiger charge is -2.16. The molecule has 0 saturated carbocycles. The molecule has 7 aromatic carbocycles. The van der Waals surface area contributed by atoms with Crippen LogP contribution in [0.1, 0.15) is 18.4 Å². The van der Waals surface area contributed by atoms with Crippen LogP contribution in [0.25, 0.3) is 70.9 Å². The standard InChI is InChI=1S/C41H28N2/c1-4-15-33-27(10-1)19-22-37-36-21-20-29(28-12-9-13-31(24-28)38-18-7-8-23-42-38)25-39(36)43(41(33)37)40-26-30-11-2-3-14-32(30)34-16-5-6-17-35(34)40/h1-6,8-17,19-26H,7,18H2. The van der Waals surface area contributed by atoms with E-state index in [1.807, 2.05) is 6.20 Å². The second kappa shape index (κ2) is 9.54. The first kappa shape index (κ1) is 24.2. The van der Waals surface area contributed by atoms with Crippen LogP contribution in [0.3, 0.4) is 0 Å². The van der Waals surface area contributed by atoms with Gasteiger partial charge >= 0.3 is 0 Å². The van der Waals surface area contributed by atoms with Crippen LogP contribution >= 0.6 is 0 Å². The van der Waals surface area contributed by atoms with Crippen LogP contribution in [0.2, 0.25) is 0 Å². The van der Waals surface area contributed by atoms with Gasteiger partial charge in [0.05, 0.1) is 16.7 Å². The van der Waals surface area contributed by atoms with Gasteiger partial charge in [-0.1, -0.05) is 121 Å². The van der Waals surface area contributed by atoms with Crippen LogP contribution in [-0.2, 0) is 0 Å². The lowest BCUT2D eigenvalue weighted by molar-refractivity contribution is 1.06. The molecule has 0 spiro atoms. The van der Waals surface area contributed by atoms with E-state index in [9.17, 15) is 0 Å². The molecule has 0 bridgehead atoms. The average molecular weight is 549 g/mol. The van der Waals surface area contributed by atoms with E-state index < -0.39 is 0 Å². The number of aliphatic imine (C=N–C) groups is 1. The molecule has 0 unspecified atom stereocenters. The average Bonchev–Trinajstić information content (AvgIpc) is 3.42. The lowest BCUT2D eigenvalue weighted by atomic mass is 9.97. The van der Waals surface area contributed by atoms with E-state index >= 15 is 0 Å². The third-order valence-corrected chi connectivity index (χ3v) is 9.05. The number of nitrogens with zero attached hydrogens (tertiary/aromatic N) is 2. The van der Waals surface area contributed by atoms with Crippen LogP contribution in [-0.4, -0.2) is 10.3 Å². The minimum atomic E-state index is 0.981. The van der Waals surface area contributed by atoms with Crippen molar-refractivity contribution < 1.29 is 0 Å². The molecule has 1 aliphatic heterocycles. The summed E-state index contributed by atoms with van der Waals surface area (Å²) in [5.74, 6) is 0. The van der Waals surface area contributed by atoms with Crippen molar-refractivity contribution in [3.05, 3.63) is 151 Å². The van der Waals surface area contributed by atoms with E-state index in [2.05, 4.69) is 149 Å². The maximum Gasteiger partial charge on any atom is 0.0619 e. The van der Waals surface area contributed by atoms with E-state index in [1.54, 1.807) is 0 Å². The molecule has 0 amide bonds. The van der Waals surface area contributed by atoms with Crippen LogP contribution in [0.15, 0.2) is 151 Å². The fourth-order valence-corrected chi connectivity index (χ4v) is 7.03. The van der Waals surface area contributed by atoms with Gasteiger partial charge in [-0.15, -0.1) is 0 Å². The van der Waals surface area contributed by atoms with Crippen molar-refractivity contribution >= 4 is 59.8 Å². The topological polar surface area (TPSA) is 17.3 Å². The third-order valence-electron chi connectivity index (χ3n) is 9.05. The lowest BCUT2D eigenvalue weighted by Crippen LogP contribution is -2.02. The van der Waals surface area contributed by atoms with Crippen LogP contribution in [0.4, 0.5) is 0 Å². The summed E-state index contributed by atoms with van der Waals surface area (Å²) in [6.07, 6.45) is 6.10. The van der Waals surface area contributed by atoms with Gasteiger partial charge in [0.1, 0.15) is 0 Å². The zero-order chi connectivity index (χ0) is 28.3. The molecule has 1 aromatic heterocycles. The number of hydrogen-bond donors (Lipinski definition) is 0. The molecule has 0 N–H and O–H groups in total. The van der Waals surface area contributed by atoms with Crippen LogP contribution < -0.4 is 0 Å². The summed E-state index contributed by atoms with van der Waals surface area (Å²) in [5, 5.41) is 10.1. The minimum Gasteiger partial charge on any atom is -0.308 e. The smallest absolute Gasteiger partial charge is 0.0619 e. The Kier molecular flexibility index (Phi) is 5.36. The van der Waals surface area contributed by atoms with Gasteiger partial charge in [0, 0.05) is 33.5 Å². The van der Waals surface area contributed by atoms with Gasteiger partial charge in [-0.05, 0) is 69.3 Å². The number of rotatable bonds is 3.